The molecule has 2 amide bonds. The predicted molar refractivity (Wildman–Crippen MR) is 90.8 cm³/mol. The van der Waals surface area contributed by atoms with Crippen LogP contribution in [0.15, 0.2) is 24.3 Å². The minimum Gasteiger partial charge on any atom is -0.480 e. The molecule has 0 spiro atoms. The third kappa shape index (κ3) is 3.75. The summed E-state index contributed by atoms with van der Waals surface area (Å²) in [6.45, 7) is 5.90. The molecule has 0 bridgehead atoms. The zero-order chi connectivity index (χ0) is 17.9. The smallest absolute Gasteiger partial charge is 0.325 e. The third-order valence-electron chi connectivity index (χ3n) is 4.60. The first kappa shape index (κ1) is 18.0. The van der Waals surface area contributed by atoms with Crippen LogP contribution < -0.4 is 10.2 Å². The highest BCUT2D eigenvalue weighted by atomic mass is 16.4. The van der Waals surface area contributed by atoms with Gasteiger partial charge in [-0.3, -0.25) is 14.4 Å². The molecule has 2 rings (SSSR count). The summed E-state index contributed by atoms with van der Waals surface area (Å²) in [6.07, 6.45) is 1.06. The summed E-state index contributed by atoms with van der Waals surface area (Å²) in [5, 5.41) is 11.3. The highest BCUT2D eigenvalue weighted by Crippen LogP contribution is 2.33. The van der Waals surface area contributed by atoms with Gasteiger partial charge in [0.25, 0.3) is 0 Å². The first-order valence-corrected chi connectivity index (χ1v) is 8.27. The zero-order valence-electron chi connectivity index (χ0n) is 14.3. The summed E-state index contributed by atoms with van der Waals surface area (Å²) < 4.78 is 0. The van der Waals surface area contributed by atoms with E-state index in [-0.39, 0.29) is 24.8 Å². The summed E-state index contributed by atoms with van der Waals surface area (Å²) in [5.74, 6) is -1.79. The lowest BCUT2D eigenvalue weighted by atomic mass is 9.96. The molecule has 0 aromatic heterocycles. The molecule has 1 fully saturated rings. The van der Waals surface area contributed by atoms with E-state index in [0.717, 1.165) is 17.7 Å². The van der Waals surface area contributed by atoms with Gasteiger partial charge in [-0.2, -0.15) is 0 Å². The van der Waals surface area contributed by atoms with Gasteiger partial charge >= 0.3 is 5.97 Å². The molecule has 1 aromatic carbocycles. The van der Waals surface area contributed by atoms with E-state index in [1.165, 1.54) is 6.92 Å². The zero-order valence-corrected chi connectivity index (χ0v) is 14.3. The van der Waals surface area contributed by atoms with Crippen molar-refractivity contribution in [3.8, 4) is 0 Å². The maximum Gasteiger partial charge on any atom is 0.325 e. The lowest BCUT2D eigenvalue weighted by molar-refractivity contribution is -0.141. The maximum atomic E-state index is 12.4. The Bertz CT molecular complexity index is 644. The van der Waals surface area contributed by atoms with Crippen LogP contribution in [0.5, 0.6) is 0 Å². The van der Waals surface area contributed by atoms with E-state index in [1.54, 1.807) is 4.90 Å². The van der Waals surface area contributed by atoms with Gasteiger partial charge in [-0.05, 0) is 30.9 Å². The molecule has 1 heterocycles. The van der Waals surface area contributed by atoms with Crippen LogP contribution in [0.3, 0.4) is 0 Å². The average molecular weight is 332 g/mol. The van der Waals surface area contributed by atoms with Crippen molar-refractivity contribution >= 4 is 23.5 Å². The molecule has 6 nitrogen and oxygen atoms in total. The number of anilines is 1. The maximum absolute atomic E-state index is 12.4. The van der Waals surface area contributed by atoms with Crippen LogP contribution in [-0.2, 0) is 14.4 Å². The van der Waals surface area contributed by atoms with Gasteiger partial charge in [-0.1, -0.05) is 32.0 Å². The highest BCUT2D eigenvalue weighted by molar-refractivity contribution is 6.01. The van der Waals surface area contributed by atoms with Gasteiger partial charge in [0.15, 0.2) is 0 Å². The molecular formula is C18H24N2O4. The minimum atomic E-state index is -1.09. The number of carboxylic acids is 1. The standard InChI is InChI=1S/C18H24N2O4/c1-4-11(2)14-7-5-6-8-15(14)20-10-13(9-16(20)21)17(22)19-12(3)18(23)24/h5-8,11-13H,4,9-10H2,1-3H3,(H,19,22)(H,23,24)/t11?,12-,13?/m1/s1. The summed E-state index contributed by atoms with van der Waals surface area (Å²) in [5.41, 5.74) is 1.94. The summed E-state index contributed by atoms with van der Waals surface area (Å²) in [7, 11) is 0. The number of carbonyl (C=O) groups is 3. The number of hydrogen-bond acceptors (Lipinski definition) is 3. The predicted octanol–water partition coefficient (Wildman–Crippen LogP) is 2.14. The second-order valence-corrected chi connectivity index (χ2v) is 6.34. The van der Waals surface area contributed by atoms with Crippen molar-refractivity contribution in [3.63, 3.8) is 0 Å². The number of carboxylic acid groups (broad SMARTS) is 1. The van der Waals surface area contributed by atoms with Crippen LogP contribution in [0.2, 0.25) is 0 Å². The topological polar surface area (TPSA) is 86.7 Å². The minimum absolute atomic E-state index is 0.103. The van der Waals surface area contributed by atoms with Crippen molar-refractivity contribution in [1.29, 1.82) is 0 Å². The SMILES string of the molecule is CCC(C)c1ccccc1N1CC(C(=O)N[C@H](C)C(=O)O)CC1=O. The van der Waals surface area contributed by atoms with E-state index in [0.29, 0.717) is 5.92 Å². The van der Waals surface area contributed by atoms with Gasteiger partial charge < -0.3 is 15.3 Å². The average Bonchev–Trinajstić information content (AvgIpc) is 2.95. The monoisotopic (exact) mass is 332 g/mol. The van der Waals surface area contributed by atoms with Crippen molar-refractivity contribution < 1.29 is 19.5 Å². The van der Waals surface area contributed by atoms with Crippen LogP contribution in [0.25, 0.3) is 0 Å². The molecule has 0 saturated carbocycles. The van der Waals surface area contributed by atoms with E-state index >= 15 is 0 Å². The van der Waals surface area contributed by atoms with Crippen molar-refractivity contribution in [2.24, 2.45) is 5.92 Å². The summed E-state index contributed by atoms with van der Waals surface area (Å²) >= 11 is 0. The number of carbonyl (C=O) groups excluding carboxylic acids is 2. The lowest BCUT2D eigenvalue weighted by Crippen LogP contribution is -2.42. The van der Waals surface area contributed by atoms with E-state index in [4.69, 9.17) is 5.11 Å². The fraction of sp³-hybridized carbons (Fsp3) is 0.500. The molecule has 2 N–H and O–H groups in total. The number of nitrogens with zero attached hydrogens (tertiary/aromatic N) is 1. The normalized spacial score (nSPS) is 19.9. The van der Waals surface area contributed by atoms with Crippen LogP contribution in [0.4, 0.5) is 5.69 Å². The lowest BCUT2D eigenvalue weighted by Gasteiger charge is -2.23. The number of amides is 2. The fourth-order valence-electron chi connectivity index (χ4n) is 2.88. The number of benzene rings is 1. The Labute approximate surface area is 141 Å². The molecule has 0 aliphatic carbocycles. The Morgan fingerprint density at radius 2 is 2.00 bits per heavy atom. The van der Waals surface area contributed by atoms with E-state index in [9.17, 15) is 14.4 Å². The Morgan fingerprint density at radius 3 is 2.62 bits per heavy atom. The van der Waals surface area contributed by atoms with Gasteiger partial charge in [-0.15, -0.1) is 0 Å². The summed E-state index contributed by atoms with van der Waals surface area (Å²) in [4.78, 5) is 37.1. The Kier molecular flexibility index (Phi) is 5.59. The number of nitrogens with one attached hydrogen (secondary N) is 1. The number of hydrogen-bond donors (Lipinski definition) is 2. The molecule has 0 radical (unpaired) electrons. The van der Waals surface area contributed by atoms with E-state index < -0.39 is 17.9 Å². The molecular weight excluding hydrogens is 308 g/mol. The third-order valence-corrected chi connectivity index (χ3v) is 4.60. The first-order valence-electron chi connectivity index (χ1n) is 8.27. The molecule has 24 heavy (non-hydrogen) atoms. The molecule has 1 saturated heterocycles. The van der Waals surface area contributed by atoms with E-state index in [1.807, 2.05) is 24.3 Å². The van der Waals surface area contributed by atoms with Crippen LogP contribution >= 0.6 is 0 Å². The Hall–Kier alpha value is -2.37. The van der Waals surface area contributed by atoms with Gasteiger partial charge in [0.2, 0.25) is 11.8 Å². The van der Waals surface area contributed by atoms with Crippen molar-refractivity contribution in [3.05, 3.63) is 29.8 Å². The van der Waals surface area contributed by atoms with Crippen LogP contribution in [-0.4, -0.2) is 35.5 Å². The molecule has 1 aromatic rings. The number of rotatable bonds is 6. The number of para-hydroxylation sites is 1. The van der Waals surface area contributed by atoms with Crippen LogP contribution in [0.1, 0.15) is 45.1 Å². The van der Waals surface area contributed by atoms with Gasteiger partial charge in [0.05, 0.1) is 5.92 Å². The largest absolute Gasteiger partial charge is 0.480 e. The number of aliphatic carboxylic acids is 1. The second kappa shape index (κ2) is 7.47. The van der Waals surface area contributed by atoms with Gasteiger partial charge in [0, 0.05) is 18.7 Å². The molecule has 2 unspecified atom stereocenters. The van der Waals surface area contributed by atoms with Crippen molar-refractivity contribution in [1.82, 2.24) is 5.32 Å². The fourth-order valence-corrected chi connectivity index (χ4v) is 2.88. The van der Waals surface area contributed by atoms with Crippen LogP contribution in [0, 0.1) is 5.92 Å². The molecule has 3 atom stereocenters. The molecule has 1 aliphatic heterocycles. The highest BCUT2D eigenvalue weighted by Gasteiger charge is 2.36. The van der Waals surface area contributed by atoms with E-state index in [2.05, 4.69) is 19.2 Å². The quantitative estimate of drug-likeness (QED) is 0.835. The second-order valence-electron chi connectivity index (χ2n) is 6.34. The van der Waals surface area contributed by atoms with Crippen molar-refractivity contribution in [2.75, 3.05) is 11.4 Å². The summed E-state index contributed by atoms with van der Waals surface area (Å²) in [6, 6.07) is 6.78. The van der Waals surface area contributed by atoms with Gasteiger partial charge in [-0.25, -0.2) is 0 Å². The first-order chi connectivity index (χ1) is 11.3. The molecule has 1 aliphatic rings. The molecule has 130 valence electrons. The van der Waals surface area contributed by atoms with Crippen molar-refractivity contribution in [2.45, 2.75) is 45.6 Å². The van der Waals surface area contributed by atoms with Gasteiger partial charge in [0.1, 0.15) is 6.04 Å². The Balaban J connectivity index is 2.16. The molecule has 6 heteroatoms. The Morgan fingerprint density at radius 1 is 1.33 bits per heavy atom.